The Morgan fingerprint density at radius 3 is 2.42 bits per heavy atom. The Morgan fingerprint density at radius 2 is 1.82 bits per heavy atom. The summed E-state index contributed by atoms with van der Waals surface area (Å²) in [6, 6.07) is 6.07. The van der Waals surface area contributed by atoms with Crippen molar-refractivity contribution in [3.8, 4) is 11.8 Å². The number of carbonyl (C=O) groups is 3. The van der Waals surface area contributed by atoms with Gasteiger partial charge in [-0.2, -0.15) is 13.2 Å². The van der Waals surface area contributed by atoms with Crippen molar-refractivity contribution in [2.75, 3.05) is 24.4 Å². The number of alkyl halides is 3. The van der Waals surface area contributed by atoms with Crippen molar-refractivity contribution in [3.63, 3.8) is 0 Å². The van der Waals surface area contributed by atoms with Crippen LogP contribution in [0.5, 0.6) is 0 Å². The number of ether oxygens (including phenoxy) is 2. The lowest BCUT2D eigenvalue weighted by Crippen LogP contribution is -2.35. The predicted molar refractivity (Wildman–Crippen MR) is 132 cm³/mol. The first-order chi connectivity index (χ1) is 17.6. The molecule has 1 N–H and O–H groups in total. The molecule has 13 heteroatoms. The van der Waals surface area contributed by atoms with Crippen molar-refractivity contribution >= 4 is 40.6 Å². The Balaban J connectivity index is 2.24. The van der Waals surface area contributed by atoms with E-state index in [4.69, 9.17) is 9.47 Å². The van der Waals surface area contributed by atoms with Crippen LogP contribution < -0.4 is 10.2 Å². The van der Waals surface area contributed by atoms with Crippen LogP contribution in [0.3, 0.4) is 0 Å². The zero-order chi connectivity index (χ0) is 28.4. The monoisotopic (exact) mass is 531 g/mol. The summed E-state index contributed by atoms with van der Waals surface area (Å²) in [4.78, 5) is 45.8. The van der Waals surface area contributed by atoms with Crippen molar-refractivity contribution in [2.45, 2.75) is 32.5 Å². The van der Waals surface area contributed by atoms with Gasteiger partial charge >= 0.3 is 24.1 Å². The van der Waals surface area contributed by atoms with E-state index in [1.807, 2.05) is 0 Å². The van der Waals surface area contributed by atoms with Gasteiger partial charge in [-0.3, -0.25) is 9.69 Å². The molecule has 0 saturated heterocycles. The number of pyridine rings is 1. The van der Waals surface area contributed by atoms with Crippen molar-refractivity contribution in [3.05, 3.63) is 47.3 Å². The number of amides is 2. The molecule has 0 spiro atoms. The van der Waals surface area contributed by atoms with Crippen LogP contribution >= 0.6 is 0 Å². The summed E-state index contributed by atoms with van der Waals surface area (Å²) >= 11 is 0. The van der Waals surface area contributed by atoms with E-state index in [1.54, 1.807) is 45.3 Å². The third-order valence-corrected chi connectivity index (χ3v) is 4.93. The number of nitrogens with zero attached hydrogens (tertiary/aromatic N) is 4. The van der Waals surface area contributed by atoms with Crippen molar-refractivity contribution in [1.29, 1.82) is 0 Å². The maximum absolute atomic E-state index is 13.2. The zero-order valence-corrected chi connectivity index (χ0v) is 21.4. The lowest BCUT2D eigenvalue weighted by Gasteiger charge is -2.24. The number of esters is 1. The van der Waals surface area contributed by atoms with Crippen LogP contribution in [0.1, 0.15) is 42.3 Å². The van der Waals surface area contributed by atoms with E-state index in [9.17, 15) is 27.6 Å². The van der Waals surface area contributed by atoms with Crippen molar-refractivity contribution < 1.29 is 37.0 Å². The molecular formula is C25H24F3N5O5. The van der Waals surface area contributed by atoms with Gasteiger partial charge in [0, 0.05) is 19.7 Å². The van der Waals surface area contributed by atoms with E-state index in [-0.39, 0.29) is 28.0 Å². The van der Waals surface area contributed by atoms with Gasteiger partial charge in [-0.25, -0.2) is 19.6 Å². The minimum atomic E-state index is -5.22. The number of methoxy groups -OCH3 is 1. The van der Waals surface area contributed by atoms with Gasteiger partial charge in [0.25, 0.3) is 0 Å². The second-order valence-corrected chi connectivity index (χ2v) is 9.03. The van der Waals surface area contributed by atoms with Gasteiger partial charge in [0.15, 0.2) is 11.6 Å². The molecule has 0 unspecified atom stereocenters. The maximum atomic E-state index is 13.2. The molecular weight excluding hydrogens is 507 g/mol. The van der Waals surface area contributed by atoms with E-state index >= 15 is 0 Å². The standard InChI is InChI=1S/C25H24F3N5O5/c1-24(2,3)38-23(36)33(5)20-17-18(32(4)13-29-17)16(19(30-20)31-22(35)25(26,27)28)11-10-14-8-7-9-15(12-14)21(34)37-6/h7-9,12-13H,1-6H3,(H,30,31,35). The smallest absolute Gasteiger partial charge is 0.465 e. The van der Waals surface area contributed by atoms with Gasteiger partial charge in [0.1, 0.15) is 11.1 Å². The van der Waals surface area contributed by atoms with E-state index in [2.05, 4.69) is 21.8 Å². The van der Waals surface area contributed by atoms with Gasteiger partial charge in [-0.15, -0.1) is 0 Å². The molecule has 0 aliphatic carbocycles. The van der Waals surface area contributed by atoms with E-state index < -0.39 is 35.6 Å². The summed E-state index contributed by atoms with van der Waals surface area (Å²) in [5.41, 5.74) is -0.0961. The maximum Gasteiger partial charge on any atom is 0.471 e. The number of halogens is 3. The summed E-state index contributed by atoms with van der Waals surface area (Å²) in [5, 5.41) is 1.75. The molecule has 2 heterocycles. The van der Waals surface area contributed by atoms with Crippen LogP contribution in [0.4, 0.5) is 29.6 Å². The van der Waals surface area contributed by atoms with Crippen LogP contribution in [-0.2, 0) is 21.3 Å². The van der Waals surface area contributed by atoms with Gasteiger partial charge in [-0.1, -0.05) is 17.9 Å². The number of aromatic nitrogens is 3. The van der Waals surface area contributed by atoms with Crippen molar-refractivity contribution in [1.82, 2.24) is 14.5 Å². The molecule has 0 fully saturated rings. The van der Waals surface area contributed by atoms with Crippen LogP contribution in [0.25, 0.3) is 11.0 Å². The Bertz CT molecular complexity index is 1480. The number of carbonyl (C=O) groups excluding carboxylic acids is 3. The predicted octanol–water partition coefficient (Wildman–Crippen LogP) is 4.03. The van der Waals surface area contributed by atoms with Gasteiger partial charge in [0.05, 0.1) is 30.1 Å². The summed E-state index contributed by atoms with van der Waals surface area (Å²) in [6.07, 6.45) is -4.71. The second kappa shape index (κ2) is 10.4. The van der Waals surface area contributed by atoms with Crippen LogP contribution in [0.2, 0.25) is 0 Å². The van der Waals surface area contributed by atoms with Gasteiger partial charge in [0.2, 0.25) is 0 Å². The van der Waals surface area contributed by atoms with E-state index in [1.165, 1.54) is 37.2 Å². The van der Waals surface area contributed by atoms with E-state index in [0.717, 1.165) is 4.90 Å². The number of anilines is 2. The number of aryl methyl sites for hydroxylation is 1. The molecule has 10 nitrogen and oxygen atoms in total. The Morgan fingerprint density at radius 1 is 1.13 bits per heavy atom. The molecule has 3 rings (SSSR count). The number of fused-ring (bicyclic) bond motifs is 1. The van der Waals surface area contributed by atoms with Crippen LogP contribution in [0.15, 0.2) is 30.6 Å². The van der Waals surface area contributed by atoms with Crippen molar-refractivity contribution in [2.24, 2.45) is 7.05 Å². The summed E-state index contributed by atoms with van der Waals surface area (Å²) in [7, 11) is 4.09. The highest BCUT2D eigenvalue weighted by Crippen LogP contribution is 2.32. The molecule has 3 aromatic rings. The molecule has 1 aromatic carbocycles. The summed E-state index contributed by atoms with van der Waals surface area (Å²) in [6.45, 7) is 4.93. The summed E-state index contributed by atoms with van der Waals surface area (Å²) < 4.78 is 51.0. The molecule has 0 aliphatic rings. The average Bonchev–Trinajstić information content (AvgIpc) is 3.21. The van der Waals surface area contributed by atoms with Gasteiger partial charge < -0.3 is 19.4 Å². The topological polar surface area (TPSA) is 116 Å². The van der Waals surface area contributed by atoms with Crippen LogP contribution in [0, 0.1) is 11.8 Å². The first-order valence-electron chi connectivity index (χ1n) is 11.0. The zero-order valence-electron chi connectivity index (χ0n) is 21.4. The fraction of sp³-hybridized carbons (Fsp3) is 0.320. The first-order valence-corrected chi connectivity index (χ1v) is 11.0. The van der Waals surface area contributed by atoms with Crippen LogP contribution in [-0.4, -0.2) is 58.4 Å². The Hall–Kier alpha value is -4.60. The number of nitrogens with one attached hydrogen (secondary N) is 1. The number of hydrogen-bond acceptors (Lipinski definition) is 7. The summed E-state index contributed by atoms with van der Waals surface area (Å²) in [5.74, 6) is 1.90. The molecule has 2 aromatic heterocycles. The molecule has 38 heavy (non-hydrogen) atoms. The fourth-order valence-electron chi connectivity index (χ4n) is 3.23. The van der Waals surface area contributed by atoms with Gasteiger partial charge in [-0.05, 0) is 39.0 Å². The minimum absolute atomic E-state index is 0.0950. The number of benzene rings is 1. The number of rotatable bonds is 3. The van der Waals surface area contributed by atoms with E-state index in [0.29, 0.717) is 5.56 Å². The number of hydrogen-bond donors (Lipinski definition) is 1. The molecule has 0 saturated carbocycles. The third-order valence-electron chi connectivity index (χ3n) is 4.93. The highest BCUT2D eigenvalue weighted by atomic mass is 19.4. The third kappa shape index (κ3) is 6.20. The molecule has 0 atom stereocenters. The quantitative estimate of drug-likeness (QED) is 0.401. The fourth-order valence-corrected chi connectivity index (χ4v) is 3.23. The molecule has 0 radical (unpaired) electrons. The Labute approximate surface area is 215 Å². The average molecular weight is 531 g/mol. The molecule has 200 valence electrons. The number of imidazole rings is 1. The molecule has 0 aliphatic heterocycles. The lowest BCUT2D eigenvalue weighted by molar-refractivity contribution is -0.167. The first kappa shape index (κ1) is 28.0. The SMILES string of the molecule is COC(=O)c1cccc(C#Cc2c(NC(=O)C(F)(F)F)nc(N(C)C(=O)OC(C)(C)C)c3ncn(C)c23)c1. The minimum Gasteiger partial charge on any atom is -0.465 e. The lowest BCUT2D eigenvalue weighted by atomic mass is 10.1. The Kier molecular flexibility index (Phi) is 7.66. The molecule has 0 bridgehead atoms. The molecule has 2 amide bonds. The second-order valence-electron chi connectivity index (χ2n) is 9.03. The largest absolute Gasteiger partial charge is 0.471 e. The normalized spacial score (nSPS) is 11.4. The highest BCUT2D eigenvalue weighted by molar-refractivity contribution is 6.03. The highest BCUT2D eigenvalue weighted by Gasteiger charge is 2.40.